The van der Waals surface area contributed by atoms with Crippen LogP contribution in [-0.4, -0.2) is 0 Å². The summed E-state index contributed by atoms with van der Waals surface area (Å²) in [5.41, 5.74) is 0. The van der Waals surface area contributed by atoms with Crippen LogP contribution in [0.15, 0.2) is 55.3 Å². The van der Waals surface area contributed by atoms with E-state index in [0.717, 1.165) is 15.3 Å². The van der Waals surface area contributed by atoms with Crippen molar-refractivity contribution < 1.29 is 4.42 Å². The van der Waals surface area contributed by atoms with Crippen molar-refractivity contribution in [3.63, 3.8) is 0 Å². The van der Waals surface area contributed by atoms with Gasteiger partial charge in [0, 0.05) is 4.90 Å². The van der Waals surface area contributed by atoms with Gasteiger partial charge < -0.3 is 4.42 Å². The molecule has 0 aliphatic heterocycles. The van der Waals surface area contributed by atoms with E-state index in [2.05, 4.69) is 28.1 Å². The van der Waals surface area contributed by atoms with E-state index in [9.17, 15) is 0 Å². The van der Waals surface area contributed by atoms with E-state index in [1.54, 1.807) is 11.8 Å². The Morgan fingerprint density at radius 3 is 2.50 bits per heavy atom. The Kier molecular flexibility index (Phi) is 2.99. The Morgan fingerprint density at radius 2 is 1.93 bits per heavy atom. The molecular formula is C11H9BrOS. The number of hydrogen-bond acceptors (Lipinski definition) is 2. The zero-order valence-electron chi connectivity index (χ0n) is 7.66. The van der Waals surface area contributed by atoms with Crippen molar-refractivity contribution in [3.8, 4) is 0 Å². The van der Waals surface area contributed by atoms with Crippen LogP contribution in [0.3, 0.4) is 0 Å². The molecule has 0 unspecified atom stereocenters. The van der Waals surface area contributed by atoms with Gasteiger partial charge in [0.15, 0.2) is 5.09 Å². The Morgan fingerprint density at radius 1 is 1.21 bits per heavy atom. The van der Waals surface area contributed by atoms with Gasteiger partial charge in [0.2, 0.25) is 0 Å². The Hall–Kier alpha value is -0.670. The van der Waals surface area contributed by atoms with Crippen LogP contribution in [-0.2, 0) is 0 Å². The monoisotopic (exact) mass is 268 g/mol. The van der Waals surface area contributed by atoms with Crippen LogP contribution in [0.2, 0.25) is 0 Å². The second kappa shape index (κ2) is 4.24. The normalized spacial score (nSPS) is 10.4. The molecule has 2 rings (SSSR count). The van der Waals surface area contributed by atoms with Gasteiger partial charge in [-0.15, -0.1) is 0 Å². The maximum Gasteiger partial charge on any atom is 0.179 e. The molecule has 0 amide bonds. The average molecular weight is 269 g/mol. The number of aryl methyl sites for hydroxylation is 1. The third-order valence-electron chi connectivity index (χ3n) is 1.73. The first kappa shape index (κ1) is 9.87. The predicted octanol–water partition coefficient (Wildman–Crippen LogP) is 4.50. The summed E-state index contributed by atoms with van der Waals surface area (Å²) in [6, 6.07) is 12.2. The van der Waals surface area contributed by atoms with E-state index >= 15 is 0 Å². The third kappa shape index (κ3) is 2.22. The molecule has 0 N–H and O–H groups in total. The summed E-state index contributed by atoms with van der Waals surface area (Å²) in [6.45, 7) is 1.94. The highest BCUT2D eigenvalue weighted by atomic mass is 79.9. The lowest BCUT2D eigenvalue weighted by atomic mass is 10.4. The first-order valence-electron chi connectivity index (χ1n) is 4.24. The van der Waals surface area contributed by atoms with E-state index in [1.807, 2.05) is 31.2 Å². The van der Waals surface area contributed by atoms with Gasteiger partial charge in [-0.2, -0.15) is 0 Å². The Balaban J connectivity index is 2.23. The van der Waals surface area contributed by atoms with Crippen molar-refractivity contribution in [3.05, 3.63) is 46.6 Å². The Labute approximate surface area is 95.6 Å². The van der Waals surface area contributed by atoms with Crippen LogP contribution in [0.1, 0.15) is 5.76 Å². The number of benzene rings is 1. The molecule has 0 bridgehead atoms. The van der Waals surface area contributed by atoms with Crippen molar-refractivity contribution >= 4 is 27.7 Å². The van der Waals surface area contributed by atoms with Gasteiger partial charge in [0.25, 0.3) is 0 Å². The number of halogens is 1. The van der Waals surface area contributed by atoms with Crippen molar-refractivity contribution in [2.45, 2.75) is 16.9 Å². The maximum atomic E-state index is 5.53. The largest absolute Gasteiger partial charge is 0.454 e. The van der Waals surface area contributed by atoms with Gasteiger partial charge in [-0.3, -0.25) is 0 Å². The summed E-state index contributed by atoms with van der Waals surface area (Å²) >= 11 is 5.08. The van der Waals surface area contributed by atoms with Crippen molar-refractivity contribution in [1.82, 2.24) is 0 Å². The molecule has 1 nitrogen and oxygen atoms in total. The molecule has 72 valence electrons. The van der Waals surface area contributed by atoms with E-state index in [4.69, 9.17) is 4.42 Å². The summed E-state index contributed by atoms with van der Waals surface area (Å²) in [7, 11) is 0. The molecule has 0 aliphatic carbocycles. The Bertz CT molecular complexity index is 422. The van der Waals surface area contributed by atoms with Crippen LogP contribution in [0, 0.1) is 6.92 Å². The van der Waals surface area contributed by atoms with Gasteiger partial charge in [0.05, 0.1) is 4.47 Å². The second-order valence-electron chi connectivity index (χ2n) is 2.91. The molecular weight excluding hydrogens is 260 g/mol. The summed E-state index contributed by atoms with van der Waals surface area (Å²) < 4.78 is 6.55. The molecule has 1 heterocycles. The fourth-order valence-electron chi connectivity index (χ4n) is 1.13. The molecule has 0 spiro atoms. The minimum Gasteiger partial charge on any atom is -0.454 e. The predicted molar refractivity (Wildman–Crippen MR) is 61.7 cm³/mol. The molecule has 1 aromatic heterocycles. The average Bonchev–Trinajstić information content (AvgIpc) is 2.47. The van der Waals surface area contributed by atoms with Gasteiger partial charge in [-0.05, 0) is 41.1 Å². The zero-order valence-corrected chi connectivity index (χ0v) is 10.1. The topological polar surface area (TPSA) is 13.1 Å². The van der Waals surface area contributed by atoms with E-state index in [0.29, 0.717) is 0 Å². The summed E-state index contributed by atoms with van der Waals surface area (Å²) in [4.78, 5) is 1.18. The SMILES string of the molecule is Cc1cc(Br)c(Sc2ccccc2)o1. The minimum absolute atomic E-state index is 0.911. The van der Waals surface area contributed by atoms with Crippen LogP contribution in [0.4, 0.5) is 0 Å². The minimum atomic E-state index is 0.911. The lowest BCUT2D eigenvalue weighted by molar-refractivity contribution is 0.446. The van der Waals surface area contributed by atoms with Crippen molar-refractivity contribution in [1.29, 1.82) is 0 Å². The van der Waals surface area contributed by atoms with Crippen molar-refractivity contribution in [2.24, 2.45) is 0 Å². The first-order chi connectivity index (χ1) is 6.75. The number of hydrogen-bond donors (Lipinski definition) is 0. The molecule has 0 saturated heterocycles. The highest BCUT2D eigenvalue weighted by molar-refractivity contribution is 9.10. The lowest BCUT2D eigenvalue weighted by Crippen LogP contribution is -1.69. The molecule has 0 aliphatic rings. The zero-order chi connectivity index (χ0) is 9.97. The van der Waals surface area contributed by atoms with Gasteiger partial charge >= 0.3 is 0 Å². The highest BCUT2D eigenvalue weighted by Crippen LogP contribution is 2.35. The molecule has 2 aromatic rings. The summed E-state index contributed by atoms with van der Waals surface area (Å²) in [5, 5.41) is 0.911. The van der Waals surface area contributed by atoms with Gasteiger partial charge in [-0.1, -0.05) is 30.0 Å². The molecule has 0 radical (unpaired) electrons. The van der Waals surface area contributed by atoms with Gasteiger partial charge in [0.1, 0.15) is 5.76 Å². The summed E-state index contributed by atoms with van der Waals surface area (Å²) in [6.07, 6.45) is 0. The number of furan rings is 1. The lowest BCUT2D eigenvalue weighted by Gasteiger charge is -1.97. The smallest absolute Gasteiger partial charge is 0.179 e. The van der Waals surface area contributed by atoms with Crippen LogP contribution >= 0.6 is 27.7 Å². The summed E-state index contributed by atoms with van der Waals surface area (Å²) in [5.74, 6) is 0.926. The maximum absolute atomic E-state index is 5.53. The second-order valence-corrected chi connectivity index (χ2v) is 4.81. The van der Waals surface area contributed by atoms with Crippen LogP contribution in [0.5, 0.6) is 0 Å². The molecule has 1 aromatic carbocycles. The van der Waals surface area contributed by atoms with E-state index < -0.39 is 0 Å². The van der Waals surface area contributed by atoms with Crippen LogP contribution < -0.4 is 0 Å². The number of rotatable bonds is 2. The van der Waals surface area contributed by atoms with Crippen molar-refractivity contribution in [2.75, 3.05) is 0 Å². The fraction of sp³-hybridized carbons (Fsp3) is 0.0909. The third-order valence-corrected chi connectivity index (χ3v) is 3.58. The van der Waals surface area contributed by atoms with Crippen LogP contribution in [0.25, 0.3) is 0 Å². The first-order valence-corrected chi connectivity index (χ1v) is 5.85. The molecule has 0 atom stereocenters. The van der Waals surface area contributed by atoms with Gasteiger partial charge in [-0.25, -0.2) is 0 Å². The molecule has 14 heavy (non-hydrogen) atoms. The molecule has 0 saturated carbocycles. The van der Waals surface area contributed by atoms with E-state index in [1.165, 1.54) is 4.90 Å². The fourth-order valence-corrected chi connectivity index (χ4v) is 2.61. The quantitative estimate of drug-likeness (QED) is 0.796. The standard InChI is InChI=1S/C11H9BrOS/c1-8-7-10(12)11(13-8)14-9-5-3-2-4-6-9/h2-7H,1H3. The molecule has 0 fully saturated rings. The molecule has 3 heteroatoms. The highest BCUT2D eigenvalue weighted by Gasteiger charge is 2.07. The van der Waals surface area contributed by atoms with E-state index in [-0.39, 0.29) is 0 Å².